The molecule has 0 aliphatic heterocycles. The predicted molar refractivity (Wildman–Crippen MR) is 39.4 cm³/mol. The highest BCUT2D eigenvalue weighted by atomic mass is 16.3. The summed E-state index contributed by atoms with van der Waals surface area (Å²) in [5, 5.41) is 18.1. The van der Waals surface area contributed by atoms with Crippen LogP contribution in [0.3, 0.4) is 0 Å². The number of H-pyrrole nitrogens is 1. The molecule has 2 aromatic rings. The highest BCUT2D eigenvalue weighted by Crippen LogP contribution is 2.27. The van der Waals surface area contributed by atoms with E-state index in [4.69, 9.17) is 10.2 Å². The molecule has 0 saturated heterocycles. The third kappa shape index (κ3) is 0.797. The number of nitrogens with zero attached hydrogens (tertiary/aromatic N) is 1. The zero-order valence-corrected chi connectivity index (χ0v) is 5.57. The first-order valence-electron chi connectivity index (χ1n) is 3.12. The highest BCUT2D eigenvalue weighted by molar-refractivity contribution is 5.78. The van der Waals surface area contributed by atoms with Crippen molar-refractivity contribution in [3.05, 3.63) is 18.5 Å². The second-order valence-corrected chi connectivity index (χ2v) is 2.26. The second kappa shape index (κ2) is 1.88. The number of hydrogen-bond acceptors (Lipinski definition) is 3. The van der Waals surface area contributed by atoms with E-state index in [0.717, 1.165) is 0 Å². The van der Waals surface area contributed by atoms with Gasteiger partial charge >= 0.3 is 0 Å². The Hall–Kier alpha value is -1.71. The smallest absolute Gasteiger partial charge is 0.159 e. The minimum atomic E-state index is -0.149. The van der Waals surface area contributed by atoms with Gasteiger partial charge in [0.25, 0.3) is 0 Å². The molecule has 11 heavy (non-hydrogen) atoms. The van der Waals surface area contributed by atoms with Crippen molar-refractivity contribution in [3.63, 3.8) is 0 Å². The van der Waals surface area contributed by atoms with Gasteiger partial charge in [-0.1, -0.05) is 0 Å². The largest absolute Gasteiger partial charge is 0.504 e. The molecule has 3 N–H and O–H groups in total. The second-order valence-electron chi connectivity index (χ2n) is 2.26. The van der Waals surface area contributed by atoms with Crippen molar-refractivity contribution < 1.29 is 10.2 Å². The summed E-state index contributed by atoms with van der Waals surface area (Å²) in [5.41, 5.74) is 1.35. The lowest BCUT2D eigenvalue weighted by molar-refractivity contribution is 0.405. The number of aromatic hydroxyl groups is 2. The summed E-state index contributed by atoms with van der Waals surface area (Å²) in [6, 6.07) is 2.83. The van der Waals surface area contributed by atoms with E-state index in [2.05, 4.69) is 9.97 Å². The van der Waals surface area contributed by atoms with Gasteiger partial charge in [0.05, 0.1) is 17.4 Å². The van der Waals surface area contributed by atoms with Crippen molar-refractivity contribution in [1.82, 2.24) is 9.97 Å². The zero-order valence-electron chi connectivity index (χ0n) is 5.57. The molecule has 0 fully saturated rings. The number of rotatable bonds is 0. The summed E-state index contributed by atoms with van der Waals surface area (Å²) < 4.78 is 0. The molecule has 1 aromatic carbocycles. The number of phenols is 2. The Morgan fingerprint density at radius 1 is 1.18 bits per heavy atom. The molecule has 1 aromatic heterocycles. The third-order valence-corrected chi connectivity index (χ3v) is 1.52. The van der Waals surface area contributed by atoms with Gasteiger partial charge in [-0.2, -0.15) is 0 Å². The molecule has 0 aliphatic rings. The lowest BCUT2D eigenvalue weighted by Crippen LogP contribution is -1.71. The number of aromatic nitrogens is 2. The van der Waals surface area contributed by atoms with Gasteiger partial charge < -0.3 is 15.2 Å². The lowest BCUT2D eigenvalue weighted by atomic mass is 10.3. The Bertz CT molecular complexity index is 358. The van der Waals surface area contributed by atoms with Gasteiger partial charge in [0.1, 0.15) is 0 Å². The molecule has 0 amide bonds. The molecular formula is C7H6N2O2. The Labute approximate surface area is 62.1 Å². The van der Waals surface area contributed by atoms with Crippen molar-refractivity contribution in [2.75, 3.05) is 0 Å². The molecule has 56 valence electrons. The molecular weight excluding hydrogens is 144 g/mol. The van der Waals surface area contributed by atoms with E-state index in [1.165, 1.54) is 18.5 Å². The molecule has 0 saturated carbocycles. The van der Waals surface area contributed by atoms with Crippen LogP contribution < -0.4 is 0 Å². The number of fused-ring (bicyclic) bond motifs is 1. The summed E-state index contributed by atoms with van der Waals surface area (Å²) in [4.78, 5) is 6.70. The Morgan fingerprint density at radius 2 is 1.91 bits per heavy atom. The normalized spacial score (nSPS) is 10.5. The number of benzene rings is 1. The first kappa shape index (κ1) is 6.03. The van der Waals surface area contributed by atoms with Crippen LogP contribution in [0.4, 0.5) is 0 Å². The van der Waals surface area contributed by atoms with Crippen LogP contribution in [-0.4, -0.2) is 20.2 Å². The molecule has 2 rings (SSSR count). The average Bonchev–Trinajstić information content (AvgIpc) is 2.36. The maximum absolute atomic E-state index is 9.04. The molecule has 0 bridgehead atoms. The van der Waals surface area contributed by atoms with Crippen LogP contribution in [0.15, 0.2) is 18.5 Å². The van der Waals surface area contributed by atoms with E-state index in [0.29, 0.717) is 11.0 Å². The van der Waals surface area contributed by atoms with E-state index in [-0.39, 0.29) is 11.5 Å². The fourth-order valence-corrected chi connectivity index (χ4v) is 0.960. The minimum Gasteiger partial charge on any atom is -0.504 e. The van der Waals surface area contributed by atoms with E-state index in [1.54, 1.807) is 0 Å². The topological polar surface area (TPSA) is 69.1 Å². The molecule has 0 atom stereocenters. The van der Waals surface area contributed by atoms with Crippen LogP contribution >= 0.6 is 0 Å². The van der Waals surface area contributed by atoms with Crippen molar-refractivity contribution in [1.29, 1.82) is 0 Å². The molecule has 0 spiro atoms. The minimum absolute atomic E-state index is 0.137. The van der Waals surface area contributed by atoms with E-state index in [1.807, 2.05) is 0 Å². The van der Waals surface area contributed by atoms with Crippen LogP contribution in [-0.2, 0) is 0 Å². The van der Waals surface area contributed by atoms with E-state index in [9.17, 15) is 0 Å². The molecule has 4 heteroatoms. The number of hydrogen-bond donors (Lipinski definition) is 3. The molecule has 0 radical (unpaired) electrons. The van der Waals surface area contributed by atoms with Gasteiger partial charge in [-0.05, 0) is 0 Å². The number of imidazole rings is 1. The van der Waals surface area contributed by atoms with Crippen LogP contribution in [0, 0.1) is 0 Å². The number of aromatic amines is 1. The van der Waals surface area contributed by atoms with Gasteiger partial charge in [-0.3, -0.25) is 0 Å². The van der Waals surface area contributed by atoms with Crippen molar-refractivity contribution in [2.24, 2.45) is 0 Å². The van der Waals surface area contributed by atoms with Crippen LogP contribution in [0.1, 0.15) is 0 Å². The monoisotopic (exact) mass is 150 g/mol. The van der Waals surface area contributed by atoms with Gasteiger partial charge in [0.15, 0.2) is 11.5 Å². The Morgan fingerprint density at radius 3 is 2.73 bits per heavy atom. The van der Waals surface area contributed by atoms with Crippen LogP contribution in [0.5, 0.6) is 11.5 Å². The summed E-state index contributed by atoms with van der Waals surface area (Å²) in [5.74, 6) is -0.286. The average molecular weight is 150 g/mol. The van der Waals surface area contributed by atoms with Crippen LogP contribution in [0.2, 0.25) is 0 Å². The highest BCUT2D eigenvalue weighted by Gasteiger charge is 2.02. The van der Waals surface area contributed by atoms with Crippen molar-refractivity contribution >= 4 is 11.0 Å². The maximum Gasteiger partial charge on any atom is 0.159 e. The standard InChI is InChI=1S/C7H6N2O2/c10-6-1-4-5(2-7(6)11)9-3-8-4/h1-3,10-11H,(H,8,9). The fraction of sp³-hybridized carbons (Fsp3) is 0. The van der Waals surface area contributed by atoms with Crippen LogP contribution in [0.25, 0.3) is 11.0 Å². The summed E-state index contributed by atoms with van der Waals surface area (Å²) in [6.45, 7) is 0. The van der Waals surface area contributed by atoms with Gasteiger partial charge in [-0.25, -0.2) is 4.98 Å². The Balaban J connectivity index is 2.86. The van der Waals surface area contributed by atoms with Gasteiger partial charge in [-0.15, -0.1) is 0 Å². The maximum atomic E-state index is 9.04. The fourth-order valence-electron chi connectivity index (χ4n) is 0.960. The Kier molecular flexibility index (Phi) is 1.03. The zero-order chi connectivity index (χ0) is 7.84. The summed E-state index contributed by atoms with van der Waals surface area (Å²) in [6.07, 6.45) is 1.50. The quantitative estimate of drug-likeness (QED) is 0.490. The van der Waals surface area contributed by atoms with Crippen molar-refractivity contribution in [3.8, 4) is 11.5 Å². The van der Waals surface area contributed by atoms with Crippen molar-refractivity contribution in [2.45, 2.75) is 0 Å². The van der Waals surface area contributed by atoms with E-state index < -0.39 is 0 Å². The van der Waals surface area contributed by atoms with E-state index >= 15 is 0 Å². The van der Waals surface area contributed by atoms with Gasteiger partial charge in [0.2, 0.25) is 0 Å². The molecule has 4 nitrogen and oxygen atoms in total. The SMILES string of the molecule is Oc1cc2nc[nH]c2cc1O. The third-order valence-electron chi connectivity index (χ3n) is 1.52. The number of nitrogens with one attached hydrogen (secondary N) is 1. The summed E-state index contributed by atoms with van der Waals surface area (Å²) >= 11 is 0. The summed E-state index contributed by atoms with van der Waals surface area (Å²) in [7, 11) is 0. The first-order chi connectivity index (χ1) is 5.27. The lowest BCUT2D eigenvalue weighted by Gasteiger charge is -1.94. The molecule has 0 aliphatic carbocycles. The predicted octanol–water partition coefficient (Wildman–Crippen LogP) is 0.974. The van der Waals surface area contributed by atoms with Gasteiger partial charge in [0, 0.05) is 12.1 Å². The number of phenolic OH excluding ortho intramolecular Hbond substituents is 2. The molecule has 1 heterocycles. The molecule has 0 unspecified atom stereocenters. The first-order valence-corrected chi connectivity index (χ1v) is 3.12.